The summed E-state index contributed by atoms with van der Waals surface area (Å²) in [6.45, 7) is -0.496. The number of anilines is 2. The number of benzene rings is 3. The van der Waals surface area contributed by atoms with Gasteiger partial charge >= 0.3 is 6.18 Å². The third-order valence-corrected chi connectivity index (χ3v) is 12.5. The minimum Gasteiger partial charge on any atom is -0.497 e. The third kappa shape index (κ3) is 8.20. The second-order valence-electron chi connectivity index (χ2n) is 12.0. The van der Waals surface area contributed by atoms with Gasteiger partial charge in [0.15, 0.2) is 0 Å². The lowest BCUT2D eigenvalue weighted by atomic mass is 9.99. The molecule has 0 aliphatic carbocycles. The van der Waals surface area contributed by atoms with Crippen LogP contribution in [0.5, 0.6) is 11.5 Å². The lowest BCUT2D eigenvalue weighted by Crippen LogP contribution is -2.56. The number of rotatable bonds is 12. The Morgan fingerprint density at radius 2 is 1.77 bits per heavy atom. The standard InChI is InChI=1S/C33H35ClF4N6O6S2/c1-42(2)29-19-43(51(45,46)24-7-5-6-22(14-24)33(36,37)38)13-11-27(29)41-28-17-26(35)31(16-25(28)34)52(47,48)44(32-10-12-39-20-40-32)18-21-8-9-23(49-3)15-30(21)50-4/h5-10,12,14-17,20,27,29,41H,11,13,18-19H2,1-4H3/t27-,29-/m0/s1. The first kappa shape index (κ1) is 39.0. The van der Waals surface area contributed by atoms with Crippen LogP contribution in [0.1, 0.15) is 17.5 Å². The summed E-state index contributed by atoms with van der Waals surface area (Å²) in [7, 11) is -2.71. The minimum atomic E-state index is -4.73. The van der Waals surface area contributed by atoms with Crippen molar-refractivity contribution in [3.05, 3.63) is 95.2 Å². The first-order valence-electron chi connectivity index (χ1n) is 15.6. The van der Waals surface area contributed by atoms with E-state index < -0.39 is 59.5 Å². The van der Waals surface area contributed by atoms with Crippen molar-refractivity contribution in [2.24, 2.45) is 0 Å². The van der Waals surface area contributed by atoms with Gasteiger partial charge in [-0.25, -0.2) is 35.5 Å². The van der Waals surface area contributed by atoms with Crippen LogP contribution in [0.25, 0.3) is 0 Å². The van der Waals surface area contributed by atoms with E-state index in [9.17, 15) is 30.0 Å². The molecule has 5 rings (SSSR count). The number of piperidine rings is 1. The van der Waals surface area contributed by atoms with E-state index in [-0.39, 0.29) is 42.6 Å². The van der Waals surface area contributed by atoms with Gasteiger partial charge in [-0.2, -0.15) is 17.5 Å². The minimum absolute atomic E-state index is 0.0498. The van der Waals surface area contributed by atoms with E-state index >= 15 is 4.39 Å². The van der Waals surface area contributed by atoms with Crippen LogP contribution in [0.4, 0.5) is 29.1 Å². The van der Waals surface area contributed by atoms with Gasteiger partial charge in [-0.05, 0) is 63.0 Å². The number of hydrogen-bond donors (Lipinski definition) is 1. The average molecular weight is 787 g/mol. The molecule has 1 N–H and O–H groups in total. The maximum absolute atomic E-state index is 16.0. The highest BCUT2D eigenvalue weighted by atomic mass is 35.5. The first-order valence-corrected chi connectivity index (χ1v) is 18.8. The van der Waals surface area contributed by atoms with Gasteiger partial charge in [0.25, 0.3) is 10.0 Å². The molecule has 52 heavy (non-hydrogen) atoms. The molecule has 0 radical (unpaired) electrons. The summed E-state index contributed by atoms with van der Waals surface area (Å²) in [4.78, 5) is 8.43. The summed E-state index contributed by atoms with van der Waals surface area (Å²) in [6, 6.07) is 10.5. The first-order chi connectivity index (χ1) is 24.5. The second-order valence-corrected chi connectivity index (χ2v) is 16.2. The zero-order chi connectivity index (χ0) is 38.0. The molecule has 0 spiro atoms. The van der Waals surface area contributed by atoms with Gasteiger partial charge in [-0.3, -0.25) is 0 Å². The van der Waals surface area contributed by atoms with Crippen molar-refractivity contribution < 1.29 is 43.9 Å². The number of halogens is 5. The zero-order valence-corrected chi connectivity index (χ0v) is 30.7. The SMILES string of the molecule is COc1ccc(CN(c2ccncn2)S(=O)(=O)c2cc(Cl)c(N[C@H]3CCN(S(=O)(=O)c4cccc(C(F)(F)F)c4)C[C@@H]3N(C)C)cc2F)c(OC)c1. The number of likely N-dealkylation sites (N-methyl/N-ethyl adjacent to an activating group) is 1. The lowest BCUT2D eigenvalue weighted by molar-refractivity contribution is -0.137. The summed E-state index contributed by atoms with van der Waals surface area (Å²) in [6.07, 6.45) is -2.08. The van der Waals surface area contributed by atoms with Crippen LogP contribution in [0, 0.1) is 5.82 Å². The molecule has 0 unspecified atom stereocenters. The molecular formula is C33H35ClF4N6O6S2. The average Bonchev–Trinajstić information content (AvgIpc) is 3.11. The molecule has 4 aromatic rings. The Hall–Kier alpha value is -4.23. The van der Waals surface area contributed by atoms with Gasteiger partial charge in [0.1, 0.15) is 34.4 Å². The fraction of sp³-hybridized carbons (Fsp3) is 0.333. The Morgan fingerprint density at radius 3 is 2.40 bits per heavy atom. The van der Waals surface area contributed by atoms with Crippen molar-refractivity contribution in [2.75, 3.05) is 51.0 Å². The predicted octanol–water partition coefficient (Wildman–Crippen LogP) is 5.51. The summed E-state index contributed by atoms with van der Waals surface area (Å²) >= 11 is 6.60. The Balaban J connectivity index is 1.42. The quantitative estimate of drug-likeness (QED) is 0.184. The molecule has 280 valence electrons. The van der Waals surface area contributed by atoms with Gasteiger partial charge < -0.3 is 19.7 Å². The number of alkyl halides is 3. The van der Waals surface area contributed by atoms with Gasteiger partial charge in [-0.15, -0.1) is 0 Å². The van der Waals surface area contributed by atoms with Gasteiger partial charge in [0.05, 0.1) is 41.9 Å². The van der Waals surface area contributed by atoms with Crippen LogP contribution in [-0.4, -0.2) is 89.5 Å². The van der Waals surface area contributed by atoms with Crippen molar-refractivity contribution in [3.63, 3.8) is 0 Å². The number of hydrogen-bond acceptors (Lipinski definition) is 10. The maximum atomic E-state index is 16.0. The van der Waals surface area contributed by atoms with Crippen molar-refractivity contribution >= 4 is 43.2 Å². The number of nitrogens with zero attached hydrogens (tertiary/aromatic N) is 5. The third-order valence-electron chi connectivity index (χ3n) is 8.57. The normalized spacial score (nSPS) is 17.2. The lowest BCUT2D eigenvalue weighted by Gasteiger charge is -2.41. The summed E-state index contributed by atoms with van der Waals surface area (Å²) in [5.41, 5.74) is -0.613. The molecule has 1 fully saturated rings. The molecule has 1 aliphatic heterocycles. The van der Waals surface area contributed by atoms with Crippen molar-refractivity contribution in [2.45, 2.75) is 41.0 Å². The Kier molecular flexibility index (Phi) is 11.5. The van der Waals surface area contributed by atoms with E-state index in [0.717, 1.165) is 45.3 Å². The predicted molar refractivity (Wildman–Crippen MR) is 186 cm³/mol. The smallest absolute Gasteiger partial charge is 0.416 e. The second kappa shape index (κ2) is 15.4. The van der Waals surface area contributed by atoms with E-state index in [0.29, 0.717) is 23.1 Å². The van der Waals surface area contributed by atoms with Crippen LogP contribution < -0.4 is 19.1 Å². The number of nitrogens with one attached hydrogen (secondary N) is 1. The van der Waals surface area contributed by atoms with Crippen LogP contribution in [0.3, 0.4) is 0 Å². The van der Waals surface area contributed by atoms with Gasteiger partial charge in [0.2, 0.25) is 10.0 Å². The van der Waals surface area contributed by atoms with E-state index in [1.54, 1.807) is 37.2 Å². The number of ether oxygens (including phenoxy) is 2. The van der Waals surface area contributed by atoms with Crippen molar-refractivity contribution in [1.82, 2.24) is 19.2 Å². The van der Waals surface area contributed by atoms with Crippen LogP contribution in [0.2, 0.25) is 5.02 Å². The summed E-state index contributed by atoms with van der Waals surface area (Å²) in [5.74, 6) is -0.391. The van der Waals surface area contributed by atoms with Gasteiger partial charge in [-0.1, -0.05) is 17.7 Å². The Morgan fingerprint density at radius 1 is 1.02 bits per heavy atom. The van der Waals surface area contributed by atoms with Gasteiger partial charge in [0, 0.05) is 49.1 Å². The molecule has 0 amide bonds. The fourth-order valence-corrected chi connectivity index (χ4v) is 9.08. The summed E-state index contributed by atoms with van der Waals surface area (Å²) in [5, 5.41) is 2.99. The van der Waals surface area contributed by atoms with Crippen LogP contribution in [0.15, 0.2) is 83.0 Å². The molecule has 2 atom stereocenters. The molecule has 0 saturated carbocycles. The van der Waals surface area contributed by atoms with E-state index in [4.69, 9.17) is 21.1 Å². The van der Waals surface area contributed by atoms with E-state index in [2.05, 4.69) is 15.3 Å². The largest absolute Gasteiger partial charge is 0.497 e. The molecule has 19 heteroatoms. The number of sulfonamides is 2. The molecule has 1 saturated heterocycles. The molecule has 1 aliphatic rings. The molecule has 1 aromatic heterocycles. The number of methoxy groups -OCH3 is 2. The Labute approximate surface area is 304 Å². The zero-order valence-electron chi connectivity index (χ0n) is 28.3. The van der Waals surface area contributed by atoms with E-state index in [1.807, 2.05) is 0 Å². The molecule has 0 bridgehead atoms. The Bertz CT molecular complexity index is 2130. The molecular weight excluding hydrogens is 752 g/mol. The topological polar surface area (TPSA) is 134 Å². The monoisotopic (exact) mass is 786 g/mol. The highest BCUT2D eigenvalue weighted by molar-refractivity contribution is 7.92. The van der Waals surface area contributed by atoms with Crippen LogP contribution >= 0.6 is 11.6 Å². The fourth-order valence-electron chi connectivity index (χ4n) is 5.81. The molecule has 2 heterocycles. The van der Waals surface area contributed by atoms with E-state index in [1.165, 1.54) is 26.5 Å². The maximum Gasteiger partial charge on any atom is 0.416 e. The summed E-state index contributed by atoms with van der Waals surface area (Å²) < 4.78 is 124. The van der Waals surface area contributed by atoms with Crippen LogP contribution in [-0.2, 0) is 32.8 Å². The van der Waals surface area contributed by atoms with Crippen molar-refractivity contribution in [1.29, 1.82) is 0 Å². The molecule has 12 nitrogen and oxygen atoms in total. The highest BCUT2D eigenvalue weighted by Crippen LogP contribution is 2.36. The highest BCUT2D eigenvalue weighted by Gasteiger charge is 2.39. The molecule has 3 aromatic carbocycles. The van der Waals surface area contributed by atoms with Crippen molar-refractivity contribution in [3.8, 4) is 11.5 Å². The number of aromatic nitrogens is 2.